The van der Waals surface area contributed by atoms with Gasteiger partial charge in [0.1, 0.15) is 12.4 Å². The fraction of sp³-hybridized carbons (Fsp3) is 0.429. The summed E-state index contributed by atoms with van der Waals surface area (Å²) < 4.78 is 6.81. The molecule has 2 nitrogen and oxygen atoms in total. The van der Waals surface area contributed by atoms with Crippen LogP contribution in [0, 0.1) is 0 Å². The molecule has 1 aromatic rings. The number of benzene rings is 1. The Morgan fingerprint density at radius 1 is 1.47 bits per heavy atom. The lowest BCUT2D eigenvalue weighted by molar-refractivity contribution is 0.355. The van der Waals surface area contributed by atoms with Gasteiger partial charge in [-0.15, -0.1) is 0 Å². The molecule has 1 aliphatic rings. The molecular formula is C14H18BrNO. The average Bonchev–Trinajstić information content (AvgIpc) is 3.13. The van der Waals surface area contributed by atoms with E-state index in [1.165, 1.54) is 18.4 Å². The maximum Gasteiger partial charge on any atom is 0.138 e. The second-order valence-electron chi connectivity index (χ2n) is 4.26. The highest BCUT2D eigenvalue weighted by atomic mass is 79.9. The molecule has 1 aromatic carbocycles. The molecule has 0 aromatic heterocycles. The van der Waals surface area contributed by atoms with Crippen LogP contribution in [0.5, 0.6) is 5.75 Å². The topological polar surface area (TPSA) is 21.3 Å². The number of nitrogens with one attached hydrogen (secondary N) is 1. The average molecular weight is 296 g/mol. The molecule has 17 heavy (non-hydrogen) atoms. The minimum Gasteiger partial charge on any atom is -0.488 e. The lowest BCUT2D eigenvalue weighted by Gasteiger charge is -2.12. The number of hydrogen-bond donors (Lipinski definition) is 1. The van der Waals surface area contributed by atoms with Crippen LogP contribution in [0.25, 0.3) is 0 Å². The molecule has 0 saturated heterocycles. The SMILES string of the molecule is C/C=C/COc1c(Br)cccc1CNC1CC1. The van der Waals surface area contributed by atoms with Crippen molar-refractivity contribution in [1.82, 2.24) is 5.32 Å². The van der Waals surface area contributed by atoms with E-state index in [2.05, 4.69) is 33.4 Å². The summed E-state index contributed by atoms with van der Waals surface area (Å²) in [4.78, 5) is 0. The van der Waals surface area contributed by atoms with Gasteiger partial charge in [-0.2, -0.15) is 0 Å². The quantitative estimate of drug-likeness (QED) is 0.809. The van der Waals surface area contributed by atoms with Crippen molar-refractivity contribution in [2.24, 2.45) is 0 Å². The third-order valence-electron chi connectivity index (χ3n) is 2.77. The monoisotopic (exact) mass is 295 g/mol. The molecule has 1 saturated carbocycles. The molecule has 0 unspecified atom stereocenters. The van der Waals surface area contributed by atoms with Gasteiger partial charge in [-0.3, -0.25) is 0 Å². The van der Waals surface area contributed by atoms with E-state index in [0.29, 0.717) is 6.61 Å². The maximum absolute atomic E-state index is 5.79. The Kier molecular flexibility index (Phi) is 4.63. The van der Waals surface area contributed by atoms with Crippen molar-refractivity contribution in [2.45, 2.75) is 32.4 Å². The molecule has 2 rings (SSSR count). The van der Waals surface area contributed by atoms with Gasteiger partial charge in [-0.1, -0.05) is 24.3 Å². The number of rotatable bonds is 6. The van der Waals surface area contributed by atoms with Crippen LogP contribution in [0.2, 0.25) is 0 Å². The van der Waals surface area contributed by atoms with Gasteiger partial charge < -0.3 is 10.1 Å². The van der Waals surface area contributed by atoms with Crippen LogP contribution in [0.3, 0.4) is 0 Å². The molecule has 1 N–H and O–H groups in total. The summed E-state index contributed by atoms with van der Waals surface area (Å²) in [6.45, 7) is 3.50. The highest BCUT2D eigenvalue weighted by Gasteiger charge is 2.20. The standard InChI is InChI=1S/C14H18BrNO/c1-2-3-9-17-14-11(5-4-6-13(14)15)10-16-12-7-8-12/h2-6,12,16H,7-10H2,1H3/b3-2+. The first-order valence-electron chi connectivity index (χ1n) is 6.06. The summed E-state index contributed by atoms with van der Waals surface area (Å²) in [7, 11) is 0. The smallest absolute Gasteiger partial charge is 0.138 e. The maximum atomic E-state index is 5.79. The largest absolute Gasteiger partial charge is 0.488 e. The van der Waals surface area contributed by atoms with Crippen molar-refractivity contribution in [3.63, 3.8) is 0 Å². The van der Waals surface area contributed by atoms with E-state index in [1.54, 1.807) is 0 Å². The number of halogens is 1. The molecule has 0 aliphatic heterocycles. The van der Waals surface area contributed by atoms with E-state index in [9.17, 15) is 0 Å². The Morgan fingerprint density at radius 3 is 3.00 bits per heavy atom. The zero-order valence-electron chi connectivity index (χ0n) is 10.1. The molecule has 1 fully saturated rings. The first-order chi connectivity index (χ1) is 8.31. The molecule has 3 heteroatoms. The summed E-state index contributed by atoms with van der Waals surface area (Å²) in [5, 5.41) is 3.51. The summed E-state index contributed by atoms with van der Waals surface area (Å²) in [5.74, 6) is 0.957. The summed E-state index contributed by atoms with van der Waals surface area (Å²) in [5.41, 5.74) is 1.22. The highest BCUT2D eigenvalue weighted by Crippen LogP contribution is 2.30. The zero-order valence-corrected chi connectivity index (χ0v) is 11.7. The third-order valence-corrected chi connectivity index (χ3v) is 3.39. The van der Waals surface area contributed by atoms with Crippen LogP contribution >= 0.6 is 15.9 Å². The lowest BCUT2D eigenvalue weighted by Crippen LogP contribution is -2.16. The highest BCUT2D eigenvalue weighted by molar-refractivity contribution is 9.10. The fourth-order valence-corrected chi connectivity index (χ4v) is 2.15. The van der Waals surface area contributed by atoms with Crippen LogP contribution in [0.1, 0.15) is 25.3 Å². The van der Waals surface area contributed by atoms with Crippen molar-refractivity contribution in [2.75, 3.05) is 6.61 Å². The van der Waals surface area contributed by atoms with Gasteiger partial charge in [0.05, 0.1) is 4.47 Å². The van der Waals surface area contributed by atoms with E-state index in [1.807, 2.05) is 25.1 Å². The molecule has 0 atom stereocenters. The second kappa shape index (κ2) is 6.22. The Morgan fingerprint density at radius 2 is 2.29 bits per heavy atom. The molecule has 0 radical (unpaired) electrons. The van der Waals surface area contributed by atoms with Gasteiger partial charge in [0.2, 0.25) is 0 Å². The van der Waals surface area contributed by atoms with Crippen LogP contribution < -0.4 is 10.1 Å². The Labute approximate surface area is 111 Å². The van der Waals surface area contributed by atoms with Gasteiger partial charge in [0.15, 0.2) is 0 Å². The molecule has 92 valence electrons. The number of para-hydroxylation sites is 1. The minimum absolute atomic E-state index is 0.621. The van der Waals surface area contributed by atoms with Gasteiger partial charge in [0.25, 0.3) is 0 Å². The van der Waals surface area contributed by atoms with Crippen molar-refractivity contribution in [1.29, 1.82) is 0 Å². The normalized spacial score (nSPS) is 15.4. The van der Waals surface area contributed by atoms with Crippen molar-refractivity contribution in [3.8, 4) is 5.75 Å². The number of ether oxygens (including phenoxy) is 1. The van der Waals surface area contributed by atoms with E-state index >= 15 is 0 Å². The van der Waals surface area contributed by atoms with Gasteiger partial charge in [-0.25, -0.2) is 0 Å². The van der Waals surface area contributed by atoms with Gasteiger partial charge in [-0.05, 0) is 41.8 Å². The predicted molar refractivity (Wildman–Crippen MR) is 74.3 cm³/mol. The Balaban J connectivity index is 2.02. The number of hydrogen-bond acceptors (Lipinski definition) is 2. The molecule has 1 aliphatic carbocycles. The molecule has 0 amide bonds. The van der Waals surface area contributed by atoms with E-state index in [-0.39, 0.29) is 0 Å². The number of allylic oxidation sites excluding steroid dienone is 1. The van der Waals surface area contributed by atoms with E-state index in [0.717, 1.165) is 22.8 Å². The zero-order chi connectivity index (χ0) is 12.1. The van der Waals surface area contributed by atoms with Crippen molar-refractivity contribution >= 4 is 15.9 Å². The summed E-state index contributed by atoms with van der Waals surface area (Å²) in [6.07, 6.45) is 6.63. The summed E-state index contributed by atoms with van der Waals surface area (Å²) >= 11 is 3.55. The van der Waals surface area contributed by atoms with Gasteiger partial charge >= 0.3 is 0 Å². The summed E-state index contributed by atoms with van der Waals surface area (Å²) in [6, 6.07) is 6.91. The van der Waals surface area contributed by atoms with Crippen molar-refractivity contribution < 1.29 is 4.74 Å². The molecule has 0 bridgehead atoms. The Bertz CT molecular complexity index is 399. The predicted octanol–water partition coefficient (Wildman–Crippen LogP) is 3.66. The van der Waals surface area contributed by atoms with Gasteiger partial charge in [0, 0.05) is 18.2 Å². The van der Waals surface area contributed by atoms with Crippen molar-refractivity contribution in [3.05, 3.63) is 40.4 Å². The molecule has 0 heterocycles. The Hall–Kier alpha value is -0.800. The third kappa shape index (κ3) is 3.86. The first-order valence-corrected chi connectivity index (χ1v) is 6.85. The van der Waals surface area contributed by atoms with E-state index in [4.69, 9.17) is 4.74 Å². The van der Waals surface area contributed by atoms with Crippen LogP contribution in [-0.4, -0.2) is 12.6 Å². The van der Waals surface area contributed by atoms with Crippen LogP contribution in [-0.2, 0) is 6.54 Å². The molecule has 0 spiro atoms. The first kappa shape index (κ1) is 12.7. The fourth-order valence-electron chi connectivity index (χ4n) is 1.62. The minimum atomic E-state index is 0.621. The second-order valence-corrected chi connectivity index (χ2v) is 5.12. The van der Waals surface area contributed by atoms with E-state index < -0.39 is 0 Å². The van der Waals surface area contributed by atoms with Crippen LogP contribution in [0.15, 0.2) is 34.8 Å². The molecular weight excluding hydrogens is 278 g/mol. The lowest BCUT2D eigenvalue weighted by atomic mass is 10.2. The van der Waals surface area contributed by atoms with Crippen LogP contribution in [0.4, 0.5) is 0 Å².